The minimum atomic E-state index is 0.934. The molecular weight excluding hydrogens is 188 g/mol. The third-order valence-electron chi connectivity index (χ3n) is 3.50. The van der Waals surface area contributed by atoms with Crippen LogP contribution in [0.1, 0.15) is 25.7 Å². The van der Waals surface area contributed by atoms with E-state index in [1.165, 1.54) is 51.9 Å². The second kappa shape index (κ2) is 6.46. The van der Waals surface area contributed by atoms with Crippen LogP contribution in [0.2, 0.25) is 0 Å². The Hall–Kier alpha value is -0.120. The molecule has 2 aliphatic rings. The van der Waals surface area contributed by atoms with Crippen molar-refractivity contribution >= 4 is 0 Å². The van der Waals surface area contributed by atoms with Crippen LogP contribution in [0.15, 0.2) is 0 Å². The summed E-state index contributed by atoms with van der Waals surface area (Å²) in [6.07, 6.45) is 5.61. The summed E-state index contributed by atoms with van der Waals surface area (Å²) in [4.78, 5) is 5.16. The van der Waals surface area contributed by atoms with Gasteiger partial charge in [0.1, 0.15) is 0 Å². The minimum absolute atomic E-state index is 0.934. The molecule has 3 heteroatoms. The van der Waals surface area contributed by atoms with Crippen LogP contribution in [0.5, 0.6) is 0 Å². The molecule has 0 amide bonds. The first-order valence-electron chi connectivity index (χ1n) is 6.47. The van der Waals surface area contributed by atoms with E-state index in [1.54, 1.807) is 0 Å². The Kier molecular flexibility index (Phi) is 4.90. The standard InChI is InChI=1S/C12H24N2O/c1-2-5-13(6-3-1)7-4-8-14-9-11-15-12-10-14/h1-12H2. The molecule has 0 aromatic carbocycles. The van der Waals surface area contributed by atoms with Gasteiger partial charge in [0.25, 0.3) is 0 Å². The Balaban J connectivity index is 1.53. The van der Waals surface area contributed by atoms with E-state index < -0.39 is 0 Å². The van der Waals surface area contributed by atoms with Gasteiger partial charge in [0.2, 0.25) is 0 Å². The van der Waals surface area contributed by atoms with Crippen LogP contribution in [-0.4, -0.2) is 62.3 Å². The number of hydrogen-bond donors (Lipinski definition) is 0. The molecule has 2 saturated heterocycles. The maximum absolute atomic E-state index is 5.34. The van der Waals surface area contributed by atoms with Gasteiger partial charge in [0, 0.05) is 13.1 Å². The normalized spacial score (nSPS) is 25.6. The Morgan fingerprint density at radius 2 is 1.33 bits per heavy atom. The quantitative estimate of drug-likeness (QED) is 0.696. The molecule has 0 bridgehead atoms. The molecule has 0 unspecified atom stereocenters. The molecule has 0 aromatic rings. The molecule has 0 aromatic heterocycles. The van der Waals surface area contributed by atoms with Crippen molar-refractivity contribution in [1.29, 1.82) is 0 Å². The fraction of sp³-hybridized carbons (Fsp3) is 1.00. The third kappa shape index (κ3) is 4.09. The molecule has 0 N–H and O–H groups in total. The minimum Gasteiger partial charge on any atom is -0.379 e. The lowest BCUT2D eigenvalue weighted by molar-refractivity contribution is 0.0358. The molecule has 0 atom stereocenters. The Morgan fingerprint density at radius 3 is 2.00 bits per heavy atom. The van der Waals surface area contributed by atoms with Crippen LogP contribution in [0.25, 0.3) is 0 Å². The van der Waals surface area contributed by atoms with Crippen molar-refractivity contribution < 1.29 is 4.74 Å². The molecule has 2 rings (SSSR count). The largest absolute Gasteiger partial charge is 0.379 e. The summed E-state index contributed by atoms with van der Waals surface area (Å²) in [6.45, 7) is 9.39. The topological polar surface area (TPSA) is 15.7 Å². The molecule has 0 radical (unpaired) electrons. The summed E-state index contributed by atoms with van der Waals surface area (Å²) in [7, 11) is 0. The van der Waals surface area contributed by atoms with E-state index in [1.807, 2.05) is 0 Å². The fourth-order valence-corrected chi connectivity index (χ4v) is 2.53. The second-order valence-corrected chi connectivity index (χ2v) is 4.71. The molecule has 0 aliphatic carbocycles. The highest BCUT2D eigenvalue weighted by Gasteiger charge is 2.12. The lowest BCUT2D eigenvalue weighted by Crippen LogP contribution is -2.38. The van der Waals surface area contributed by atoms with E-state index in [0.717, 1.165) is 26.3 Å². The van der Waals surface area contributed by atoms with Gasteiger partial charge in [-0.05, 0) is 45.4 Å². The van der Waals surface area contributed by atoms with E-state index in [4.69, 9.17) is 4.74 Å². The van der Waals surface area contributed by atoms with E-state index in [9.17, 15) is 0 Å². The van der Waals surface area contributed by atoms with Gasteiger partial charge in [-0.3, -0.25) is 4.90 Å². The SMILES string of the molecule is C1CCN(CCCN2CCOCC2)CC1. The van der Waals surface area contributed by atoms with Gasteiger partial charge in [-0.15, -0.1) is 0 Å². The summed E-state index contributed by atoms with van der Waals surface area (Å²) < 4.78 is 5.34. The monoisotopic (exact) mass is 212 g/mol. The van der Waals surface area contributed by atoms with E-state index in [2.05, 4.69) is 9.80 Å². The summed E-state index contributed by atoms with van der Waals surface area (Å²) in [5, 5.41) is 0. The summed E-state index contributed by atoms with van der Waals surface area (Å²) >= 11 is 0. The zero-order chi connectivity index (χ0) is 10.3. The zero-order valence-corrected chi connectivity index (χ0v) is 9.79. The molecule has 2 fully saturated rings. The first-order chi connectivity index (χ1) is 7.45. The van der Waals surface area contributed by atoms with E-state index in [-0.39, 0.29) is 0 Å². The van der Waals surface area contributed by atoms with E-state index >= 15 is 0 Å². The van der Waals surface area contributed by atoms with Gasteiger partial charge in [0.15, 0.2) is 0 Å². The fourth-order valence-electron chi connectivity index (χ4n) is 2.53. The van der Waals surface area contributed by atoms with Crippen molar-refractivity contribution in [2.75, 3.05) is 52.5 Å². The summed E-state index contributed by atoms with van der Waals surface area (Å²) in [5.74, 6) is 0. The second-order valence-electron chi connectivity index (χ2n) is 4.71. The van der Waals surface area contributed by atoms with Gasteiger partial charge in [-0.1, -0.05) is 6.42 Å². The number of hydrogen-bond acceptors (Lipinski definition) is 3. The molecular formula is C12H24N2O. The Morgan fingerprint density at radius 1 is 0.733 bits per heavy atom. The van der Waals surface area contributed by atoms with Crippen molar-refractivity contribution in [3.63, 3.8) is 0 Å². The molecule has 3 nitrogen and oxygen atoms in total. The summed E-state index contributed by atoms with van der Waals surface area (Å²) in [6, 6.07) is 0. The van der Waals surface area contributed by atoms with Crippen LogP contribution >= 0.6 is 0 Å². The number of piperidine rings is 1. The predicted octanol–water partition coefficient (Wildman–Crippen LogP) is 1.19. The number of ether oxygens (including phenoxy) is 1. The molecule has 88 valence electrons. The highest BCUT2D eigenvalue weighted by Crippen LogP contribution is 2.09. The maximum atomic E-state index is 5.34. The first-order valence-corrected chi connectivity index (χ1v) is 6.47. The highest BCUT2D eigenvalue weighted by atomic mass is 16.5. The Labute approximate surface area is 93.4 Å². The van der Waals surface area contributed by atoms with Crippen molar-refractivity contribution in [2.45, 2.75) is 25.7 Å². The molecule has 2 aliphatic heterocycles. The van der Waals surface area contributed by atoms with Gasteiger partial charge < -0.3 is 9.64 Å². The van der Waals surface area contributed by atoms with Crippen molar-refractivity contribution in [3.8, 4) is 0 Å². The van der Waals surface area contributed by atoms with Crippen molar-refractivity contribution in [1.82, 2.24) is 9.80 Å². The maximum Gasteiger partial charge on any atom is 0.0594 e. The summed E-state index contributed by atoms with van der Waals surface area (Å²) in [5.41, 5.74) is 0. The van der Waals surface area contributed by atoms with Gasteiger partial charge in [0.05, 0.1) is 13.2 Å². The average Bonchev–Trinajstić information content (AvgIpc) is 2.32. The van der Waals surface area contributed by atoms with Crippen molar-refractivity contribution in [2.24, 2.45) is 0 Å². The third-order valence-corrected chi connectivity index (χ3v) is 3.50. The number of rotatable bonds is 4. The van der Waals surface area contributed by atoms with Crippen molar-refractivity contribution in [3.05, 3.63) is 0 Å². The lowest BCUT2D eigenvalue weighted by Gasteiger charge is -2.29. The molecule has 0 spiro atoms. The van der Waals surface area contributed by atoms with Gasteiger partial charge in [-0.2, -0.15) is 0 Å². The molecule has 15 heavy (non-hydrogen) atoms. The van der Waals surface area contributed by atoms with Crippen LogP contribution in [0.3, 0.4) is 0 Å². The van der Waals surface area contributed by atoms with Gasteiger partial charge in [-0.25, -0.2) is 0 Å². The lowest BCUT2D eigenvalue weighted by atomic mass is 10.1. The van der Waals surface area contributed by atoms with Crippen LogP contribution in [0, 0.1) is 0 Å². The average molecular weight is 212 g/mol. The predicted molar refractivity (Wildman–Crippen MR) is 62.2 cm³/mol. The first kappa shape index (κ1) is 11.4. The van der Waals surface area contributed by atoms with E-state index in [0.29, 0.717) is 0 Å². The number of nitrogens with zero attached hydrogens (tertiary/aromatic N) is 2. The zero-order valence-electron chi connectivity index (χ0n) is 9.79. The molecule has 0 saturated carbocycles. The highest BCUT2D eigenvalue weighted by molar-refractivity contribution is 4.67. The van der Waals surface area contributed by atoms with Crippen LogP contribution in [0.4, 0.5) is 0 Å². The number of morpholine rings is 1. The van der Waals surface area contributed by atoms with Gasteiger partial charge >= 0.3 is 0 Å². The van der Waals surface area contributed by atoms with Crippen LogP contribution in [-0.2, 0) is 4.74 Å². The smallest absolute Gasteiger partial charge is 0.0594 e. The van der Waals surface area contributed by atoms with Crippen LogP contribution < -0.4 is 0 Å². The molecule has 2 heterocycles. The number of likely N-dealkylation sites (tertiary alicyclic amines) is 1. The Bertz CT molecular complexity index is 145.